The van der Waals surface area contributed by atoms with E-state index in [9.17, 15) is 8.42 Å². The van der Waals surface area contributed by atoms with Crippen molar-refractivity contribution in [2.75, 3.05) is 36.9 Å². The van der Waals surface area contributed by atoms with E-state index in [4.69, 9.17) is 10.5 Å². The smallest absolute Gasteiger partial charge is 0.152 e. The molecule has 19 heavy (non-hydrogen) atoms. The molecule has 0 radical (unpaired) electrons. The van der Waals surface area contributed by atoms with Gasteiger partial charge in [-0.2, -0.15) is 0 Å². The fourth-order valence-corrected chi connectivity index (χ4v) is 3.45. The van der Waals surface area contributed by atoms with Crippen molar-refractivity contribution in [3.63, 3.8) is 0 Å². The molecule has 2 N–H and O–H groups in total. The van der Waals surface area contributed by atoms with E-state index in [2.05, 4.69) is 4.90 Å². The van der Waals surface area contributed by atoms with Gasteiger partial charge in [0.05, 0.1) is 18.1 Å². The first-order chi connectivity index (χ1) is 9.00. The lowest BCUT2D eigenvalue weighted by molar-refractivity contribution is 0.276. The summed E-state index contributed by atoms with van der Waals surface area (Å²) in [5.74, 6) is 1.29. The molecule has 0 atom stereocenters. The number of hydrogen-bond acceptors (Lipinski definition) is 5. The minimum Gasteiger partial charge on any atom is -0.494 e. The standard InChI is InChI=1S/C13H20N2O3S/c1-2-18-13-4-3-12(14)9-11(13)10-15-5-7-19(16,17)8-6-15/h3-4,9H,2,5-8,10,14H2,1H3. The van der Waals surface area contributed by atoms with E-state index in [1.807, 2.05) is 25.1 Å². The Bertz CT molecular complexity index is 529. The SMILES string of the molecule is CCOc1ccc(N)cc1CN1CCS(=O)(=O)CC1. The van der Waals surface area contributed by atoms with Crippen LogP contribution in [0.2, 0.25) is 0 Å². The lowest BCUT2D eigenvalue weighted by atomic mass is 10.1. The zero-order valence-electron chi connectivity index (χ0n) is 11.1. The van der Waals surface area contributed by atoms with Gasteiger partial charge in [-0.15, -0.1) is 0 Å². The van der Waals surface area contributed by atoms with Crippen LogP contribution in [0, 0.1) is 0 Å². The molecule has 1 fully saturated rings. The summed E-state index contributed by atoms with van der Waals surface area (Å²) in [6, 6.07) is 5.58. The van der Waals surface area contributed by atoms with E-state index < -0.39 is 9.84 Å². The number of nitrogen functional groups attached to an aromatic ring is 1. The highest BCUT2D eigenvalue weighted by Crippen LogP contribution is 2.23. The molecule has 1 aliphatic heterocycles. The van der Waals surface area contributed by atoms with Gasteiger partial charge in [-0.1, -0.05) is 0 Å². The van der Waals surface area contributed by atoms with Gasteiger partial charge in [0, 0.05) is 30.9 Å². The maximum atomic E-state index is 11.4. The van der Waals surface area contributed by atoms with Gasteiger partial charge in [0.2, 0.25) is 0 Å². The highest BCUT2D eigenvalue weighted by Gasteiger charge is 2.22. The van der Waals surface area contributed by atoms with Crippen LogP contribution in [0.4, 0.5) is 5.69 Å². The van der Waals surface area contributed by atoms with Crippen LogP contribution in [0.15, 0.2) is 18.2 Å². The second-order valence-corrected chi connectivity index (χ2v) is 7.03. The summed E-state index contributed by atoms with van der Waals surface area (Å²) in [7, 11) is -2.83. The lowest BCUT2D eigenvalue weighted by Crippen LogP contribution is -2.39. The topological polar surface area (TPSA) is 72.6 Å². The number of sulfone groups is 1. The highest BCUT2D eigenvalue weighted by molar-refractivity contribution is 7.91. The van der Waals surface area contributed by atoms with Crippen molar-refractivity contribution < 1.29 is 13.2 Å². The number of rotatable bonds is 4. The molecule has 0 unspecified atom stereocenters. The fourth-order valence-electron chi connectivity index (χ4n) is 2.17. The molecule has 0 amide bonds. The summed E-state index contributed by atoms with van der Waals surface area (Å²) >= 11 is 0. The average molecular weight is 284 g/mol. The minimum absolute atomic E-state index is 0.235. The Morgan fingerprint density at radius 1 is 1.32 bits per heavy atom. The van der Waals surface area contributed by atoms with Gasteiger partial charge in [0.25, 0.3) is 0 Å². The summed E-state index contributed by atoms with van der Waals surface area (Å²) in [5.41, 5.74) is 7.51. The second kappa shape index (κ2) is 5.79. The van der Waals surface area contributed by atoms with E-state index in [1.165, 1.54) is 0 Å². The van der Waals surface area contributed by atoms with Gasteiger partial charge in [0.15, 0.2) is 9.84 Å². The molecule has 0 bridgehead atoms. The second-order valence-electron chi connectivity index (χ2n) is 4.73. The third kappa shape index (κ3) is 3.84. The summed E-state index contributed by atoms with van der Waals surface area (Å²) in [6.07, 6.45) is 0. The van der Waals surface area contributed by atoms with Crippen molar-refractivity contribution in [1.82, 2.24) is 4.90 Å². The van der Waals surface area contributed by atoms with Crippen LogP contribution < -0.4 is 10.5 Å². The van der Waals surface area contributed by atoms with Gasteiger partial charge in [-0.3, -0.25) is 4.90 Å². The zero-order valence-corrected chi connectivity index (χ0v) is 11.9. The Balaban J connectivity index is 2.08. The fraction of sp³-hybridized carbons (Fsp3) is 0.538. The quantitative estimate of drug-likeness (QED) is 0.832. The number of benzene rings is 1. The van der Waals surface area contributed by atoms with Gasteiger partial charge >= 0.3 is 0 Å². The van der Waals surface area contributed by atoms with Crippen molar-refractivity contribution in [2.24, 2.45) is 0 Å². The lowest BCUT2D eigenvalue weighted by Gasteiger charge is -2.27. The third-order valence-electron chi connectivity index (χ3n) is 3.22. The molecular formula is C13H20N2O3S. The molecular weight excluding hydrogens is 264 g/mol. The van der Waals surface area contributed by atoms with Gasteiger partial charge in [-0.25, -0.2) is 8.42 Å². The summed E-state index contributed by atoms with van der Waals surface area (Å²) < 4.78 is 28.4. The summed E-state index contributed by atoms with van der Waals surface area (Å²) in [4.78, 5) is 2.12. The molecule has 106 valence electrons. The van der Waals surface area contributed by atoms with Crippen molar-refractivity contribution >= 4 is 15.5 Å². The molecule has 6 heteroatoms. The number of hydrogen-bond donors (Lipinski definition) is 1. The van der Waals surface area contributed by atoms with Crippen molar-refractivity contribution in [1.29, 1.82) is 0 Å². The molecule has 0 saturated carbocycles. The number of ether oxygens (including phenoxy) is 1. The number of nitrogens with zero attached hydrogens (tertiary/aromatic N) is 1. The average Bonchev–Trinajstić information content (AvgIpc) is 2.35. The predicted octanol–water partition coefficient (Wildman–Crippen LogP) is 0.898. The maximum absolute atomic E-state index is 11.4. The molecule has 1 aromatic carbocycles. The van der Waals surface area contributed by atoms with Crippen LogP contribution in [0.3, 0.4) is 0 Å². The molecule has 2 rings (SSSR count). The van der Waals surface area contributed by atoms with Crippen molar-refractivity contribution in [2.45, 2.75) is 13.5 Å². The van der Waals surface area contributed by atoms with Crippen LogP contribution in [0.5, 0.6) is 5.75 Å². The zero-order chi connectivity index (χ0) is 13.9. The minimum atomic E-state index is -2.83. The first-order valence-electron chi connectivity index (χ1n) is 6.44. The Kier molecular flexibility index (Phi) is 4.31. The van der Waals surface area contributed by atoms with E-state index in [0.29, 0.717) is 31.9 Å². The molecule has 1 heterocycles. The van der Waals surface area contributed by atoms with Gasteiger partial charge < -0.3 is 10.5 Å². The number of anilines is 1. The Hall–Kier alpha value is -1.27. The molecule has 1 aromatic rings. The third-order valence-corrected chi connectivity index (χ3v) is 4.82. The Labute approximate surface area is 114 Å². The van der Waals surface area contributed by atoms with Gasteiger partial charge in [0.1, 0.15) is 5.75 Å². The first kappa shape index (κ1) is 14.1. The maximum Gasteiger partial charge on any atom is 0.152 e. The largest absolute Gasteiger partial charge is 0.494 e. The summed E-state index contributed by atoms with van der Waals surface area (Å²) in [5, 5.41) is 0. The molecule has 5 nitrogen and oxygen atoms in total. The van der Waals surface area contributed by atoms with Crippen molar-refractivity contribution in [3.05, 3.63) is 23.8 Å². The Morgan fingerprint density at radius 2 is 2.00 bits per heavy atom. The van der Waals surface area contributed by atoms with Crippen molar-refractivity contribution in [3.8, 4) is 5.75 Å². The van der Waals surface area contributed by atoms with E-state index in [-0.39, 0.29) is 11.5 Å². The van der Waals surface area contributed by atoms with Crippen LogP contribution >= 0.6 is 0 Å². The van der Waals surface area contributed by atoms with Gasteiger partial charge in [-0.05, 0) is 25.1 Å². The highest BCUT2D eigenvalue weighted by atomic mass is 32.2. The van der Waals surface area contributed by atoms with E-state index in [1.54, 1.807) is 0 Å². The molecule has 0 aliphatic carbocycles. The molecule has 0 aromatic heterocycles. The molecule has 0 spiro atoms. The number of nitrogens with two attached hydrogens (primary N) is 1. The van der Waals surface area contributed by atoms with Crippen LogP contribution in [0.25, 0.3) is 0 Å². The Morgan fingerprint density at radius 3 is 2.63 bits per heavy atom. The van der Waals surface area contributed by atoms with Crippen LogP contribution in [-0.4, -0.2) is 44.5 Å². The predicted molar refractivity (Wildman–Crippen MR) is 76.0 cm³/mol. The normalized spacial score (nSPS) is 19.2. The van der Waals surface area contributed by atoms with Crippen LogP contribution in [-0.2, 0) is 16.4 Å². The van der Waals surface area contributed by atoms with E-state index >= 15 is 0 Å². The first-order valence-corrected chi connectivity index (χ1v) is 8.26. The molecule has 1 saturated heterocycles. The monoisotopic (exact) mass is 284 g/mol. The summed E-state index contributed by atoms with van der Waals surface area (Å²) in [6.45, 7) is 4.36. The molecule has 1 aliphatic rings. The van der Waals surface area contributed by atoms with Crippen LogP contribution in [0.1, 0.15) is 12.5 Å². The van der Waals surface area contributed by atoms with E-state index in [0.717, 1.165) is 11.3 Å².